The Bertz CT molecular complexity index is 1140. The van der Waals surface area contributed by atoms with Gasteiger partial charge in [-0.05, 0) is 31.4 Å². The van der Waals surface area contributed by atoms with Gasteiger partial charge in [0.25, 0.3) is 5.69 Å². The number of aromatic nitrogens is 1. The number of anilines is 1. The van der Waals surface area contributed by atoms with Crippen LogP contribution in [-0.2, 0) is 16.6 Å². The van der Waals surface area contributed by atoms with Crippen LogP contribution in [0, 0.1) is 10.1 Å². The van der Waals surface area contributed by atoms with Gasteiger partial charge in [0.1, 0.15) is 5.82 Å². The Morgan fingerprint density at radius 1 is 1.03 bits per heavy atom. The molecule has 0 radical (unpaired) electrons. The second kappa shape index (κ2) is 10.3. The zero-order chi connectivity index (χ0) is 24.1. The standard InChI is InChI=1S/C22H28N6O5S/c29-22(24-17-18-6-5-9-23-21(18)25-10-2-1-3-11-25)26-12-14-27(15-13-26)34(32,33)20-8-4-7-19(16-20)28(30)31/h4-9,16H,1-3,10-15,17H2,(H,24,29). The van der Waals surface area contributed by atoms with E-state index in [1.807, 2.05) is 12.1 Å². The largest absolute Gasteiger partial charge is 0.356 e. The second-order valence-corrected chi connectivity index (χ2v) is 10.3. The molecule has 0 atom stereocenters. The van der Waals surface area contributed by atoms with E-state index in [-0.39, 0.29) is 42.8 Å². The molecule has 2 aliphatic rings. The molecule has 4 rings (SSSR count). The fourth-order valence-corrected chi connectivity index (χ4v) is 5.74. The van der Waals surface area contributed by atoms with Crippen LogP contribution in [0.4, 0.5) is 16.3 Å². The number of nitro benzene ring substituents is 1. The number of hydrogen-bond acceptors (Lipinski definition) is 7. The number of piperazine rings is 1. The SMILES string of the molecule is O=C(NCc1cccnc1N1CCCCC1)N1CCN(S(=O)(=O)c2cccc([N+](=O)[O-])c2)CC1. The molecule has 1 N–H and O–H groups in total. The Morgan fingerprint density at radius 3 is 2.47 bits per heavy atom. The van der Waals surface area contributed by atoms with Gasteiger partial charge in [-0.15, -0.1) is 0 Å². The van der Waals surface area contributed by atoms with E-state index in [1.165, 1.54) is 28.9 Å². The Kier molecular flexibility index (Phi) is 7.27. The number of amides is 2. The van der Waals surface area contributed by atoms with Gasteiger partial charge >= 0.3 is 6.03 Å². The predicted molar refractivity (Wildman–Crippen MR) is 126 cm³/mol. The molecule has 2 amide bonds. The molecule has 34 heavy (non-hydrogen) atoms. The lowest BCUT2D eigenvalue weighted by Crippen LogP contribution is -2.53. The third kappa shape index (κ3) is 5.28. The Morgan fingerprint density at radius 2 is 1.76 bits per heavy atom. The van der Waals surface area contributed by atoms with Crippen LogP contribution in [-0.4, -0.2) is 72.8 Å². The summed E-state index contributed by atoms with van der Waals surface area (Å²) in [5.74, 6) is 0.898. The van der Waals surface area contributed by atoms with Crippen LogP contribution >= 0.6 is 0 Å². The number of urea groups is 1. The van der Waals surface area contributed by atoms with Crippen LogP contribution in [0.3, 0.4) is 0 Å². The van der Waals surface area contributed by atoms with Gasteiger partial charge in [0.05, 0.1) is 9.82 Å². The highest BCUT2D eigenvalue weighted by atomic mass is 32.2. The molecule has 2 fully saturated rings. The number of rotatable bonds is 6. The lowest BCUT2D eigenvalue weighted by Gasteiger charge is -2.34. The molecule has 3 heterocycles. The fourth-order valence-electron chi connectivity index (χ4n) is 4.28. The minimum absolute atomic E-state index is 0.115. The van der Waals surface area contributed by atoms with Crippen molar-refractivity contribution in [3.05, 3.63) is 58.3 Å². The molecule has 2 aliphatic heterocycles. The number of pyridine rings is 1. The minimum atomic E-state index is -3.88. The van der Waals surface area contributed by atoms with Crippen molar-refractivity contribution in [2.24, 2.45) is 0 Å². The third-order valence-corrected chi connectivity index (χ3v) is 8.04. The highest BCUT2D eigenvalue weighted by Gasteiger charge is 2.31. The van der Waals surface area contributed by atoms with Gasteiger partial charge in [-0.3, -0.25) is 10.1 Å². The first-order chi connectivity index (χ1) is 16.4. The second-order valence-electron chi connectivity index (χ2n) is 8.34. The van der Waals surface area contributed by atoms with Crippen LogP contribution in [0.1, 0.15) is 24.8 Å². The van der Waals surface area contributed by atoms with Crippen molar-refractivity contribution in [3.8, 4) is 0 Å². The van der Waals surface area contributed by atoms with Crippen molar-refractivity contribution in [2.75, 3.05) is 44.2 Å². The third-order valence-electron chi connectivity index (χ3n) is 6.15. The predicted octanol–water partition coefficient (Wildman–Crippen LogP) is 2.20. The van der Waals surface area contributed by atoms with E-state index in [9.17, 15) is 23.3 Å². The highest BCUT2D eigenvalue weighted by molar-refractivity contribution is 7.89. The summed E-state index contributed by atoms with van der Waals surface area (Å²) in [7, 11) is -3.88. The summed E-state index contributed by atoms with van der Waals surface area (Å²) in [5, 5.41) is 13.9. The first-order valence-electron chi connectivity index (χ1n) is 11.3. The average molecular weight is 489 g/mol. The maximum Gasteiger partial charge on any atom is 0.317 e. The zero-order valence-corrected chi connectivity index (χ0v) is 19.6. The molecule has 0 unspecified atom stereocenters. The smallest absolute Gasteiger partial charge is 0.317 e. The normalized spacial score (nSPS) is 17.4. The molecule has 1 aromatic carbocycles. The number of nitro groups is 1. The lowest BCUT2D eigenvalue weighted by atomic mass is 10.1. The molecule has 11 nitrogen and oxygen atoms in total. The first-order valence-corrected chi connectivity index (χ1v) is 12.8. The molecule has 0 aliphatic carbocycles. The van der Waals surface area contributed by atoms with Crippen LogP contribution in [0.25, 0.3) is 0 Å². The summed E-state index contributed by atoms with van der Waals surface area (Å²) < 4.78 is 27.1. The average Bonchev–Trinajstić information content (AvgIpc) is 2.88. The van der Waals surface area contributed by atoms with E-state index in [1.54, 1.807) is 11.1 Å². The maximum absolute atomic E-state index is 12.9. The lowest BCUT2D eigenvalue weighted by molar-refractivity contribution is -0.385. The monoisotopic (exact) mass is 488 g/mol. The van der Waals surface area contributed by atoms with E-state index < -0.39 is 14.9 Å². The van der Waals surface area contributed by atoms with Gasteiger partial charge in [-0.25, -0.2) is 18.2 Å². The number of sulfonamides is 1. The summed E-state index contributed by atoms with van der Waals surface area (Å²) in [6.45, 7) is 2.94. The summed E-state index contributed by atoms with van der Waals surface area (Å²) in [4.78, 5) is 31.3. The molecule has 0 saturated carbocycles. The fraction of sp³-hybridized carbons (Fsp3) is 0.455. The summed E-state index contributed by atoms with van der Waals surface area (Å²) in [6.07, 6.45) is 5.24. The summed E-state index contributed by atoms with van der Waals surface area (Å²) in [6, 6.07) is 8.55. The van der Waals surface area contributed by atoms with Crippen molar-refractivity contribution in [3.63, 3.8) is 0 Å². The van der Waals surface area contributed by atoms with Crippen molar-refractivity contribution >= 4 is 27.6 Å². The number of carbonyl (C=O) groups excluding carboxylic acids is 1. The van der Waals surface area contributed by atoms with Crippen LogP contribution in [0.2, 0.25) is 0 Å². The van der Waals surface area contributed by atoms with Gasteiger partial charge in [0, 0.05) is 69.7 Å². The molecular formula is C22H28N6O5S. The van der Waals surface area contributed by atoms with Crippen molar-refractivity contribution in [2.45, 2.75) is 30.7 Å². The first kappa shape index (κ1) is 23.9. The van der Waals surface area contributed by atoms with Crippen LogP contribution in [0.15, 0.2) is 47.5 Å². The molecule has 0 bridgehead atoms. The van der Waals surface area contributed by atoms with Gasteiger partial charge in [-0.2, -0.15) is 4.31 Å². The van der Waals surface area contributed by atoms with Crippen molar-refractivity contribution < 1.29 is 18.1 Å². The van der Waals surface area contributed by atoms with Crippen LogP contribution in [0.5, 0.6) is 0 Å². The summed E-state index contributed by atoms with van der Waals surface area (Å²) in [5.41, 5.74) is 0.669. The van der Waals surface area contributed by atoms with Crippen molar-refractivity contribution in [1.82, 2.24) is 19.5 Å². The number of hydrogen-bond donors (Lipinski definition) is 1. The number of carbonyl (C=O) groups is 1. The molecule has 2 saturated heterocycles. The Hall–Kier alpha value is -3.25. The molecule has 182 valence electrons. The van der Waals surface area contributed by atoms with E-state index >= 15 is 0 Å². The Labute approximate surface area is 198 Å². The molecule has 12 heteroatoms. The van der Waals surface area contributed by atoms with E-state index in [4.69, 9.17) is 0 Å². The minimum Gasteiger partial charge on any atom is -0.356 e. The Balaban J connectivity index is 1.34. The van der Waals surface area contributed by atoms with E-state index in [0.29, 0.717) is 6.54 Å². The molecule has 1 aromatic heterocycles. The summed E-state index contributed by atoms with van der Waals surface area (Å²) >= 11 is 0. The number of non-ortho nitro benzene ring substituents is 1. The van der Waals surface area contributed by atoms with Gasteiger partial charge in [0.15, 0.2) is 0 Å². The van der Waals surface area contributed by atoms with Gasteiger partial charge in [-0.1, -0.05) is 12.1 Å². The zero-order valence-electron chi connectivity index (χ0n) is 18.8. The number of benzene rings is 1. The number of nitrogens with one attached hydrogen (secondary N) is 1. The highest BCUT2D eigenvalue weighted by Crippen LogP contribution is 2.23. The topological polar surface area (TPSA) is 129 Å². The number of nitrogens with zero attached hydrogens (tertiary/aromatic N) is 5. The van der Waals surface area contributed by atoms with Gasteiger partial charge in [0.2, 0.25) is 10.0 Å². The van der Waals surface area contributed by atoms with Gasteiger partial charge < -0.3 is 15.1 Å². The number of piperidine rings is 1. The molecular weight excluding hydrogens is 460 g/mol. The van der Waals surface area contributed by atoms with Crippen LogP contribution < -0.4 is 10.2 Å². The van der Waals surface area contributed by atoms with E-state index in [2.05, 4.69) is 15.2 Å². The van der Waals surface area contributed by atoms with E-state index in [0.717, 1.165) is 43.4 Å². The maximum atomic E-state index is 12.9. The molecule has 0 spiro atoms. The van der Waals surface area contributed by atoms with Crippen molar-refractivity contribution in [1.29, 1.82) is 0 Å². The quantitative estimate of drug-likeness (QED) is 0.487. The molecule has 2 aromatic rings.